The van der Waals surface area contributed by atoms with Crippen LogP contribution < -0.4 is 20.4 Å². The average molecular weight is 775 g/mol. The van der Waals surface area contributed by atoms with Gasteiger partial charge < -0.3 is 44.3 Å². The molecule has 0 aliphatic rings. The Labute approximate surface area is 334 Å². The van der Waals surface area contributed by atoms with E-state index in [9.17, 15) is 34.8 Å². The van der Waals surface area contributed by atoms with Crippen LogP contribution in [0.1, 0.15) is 172 Å². The van der Waals surface area contributed by atoms with Crippen LogP contribution in [-0.2, 0) is 45.6 Å². The zero-order chi connectivity index (χ0) is 40.4. The monoisotopic (exact) mass is 775 g/mol. The van der Waals surface area contributed by atoms with Gasteiger partial charge in [-0.1, -0.05) is 158 Å². The molecule has 52 heavy (non-hydrogen) atoms. The zero-order valence-corrected chi connectivity index (χ0v) is 36.7. The third-order valence-corrected chi connectivity index (χ3v) is 8.97. The Morgan fingerprint density at radius 1 is 0.538 bits per heavy atom. The largest absolute Gasteiger partial charge is 4.00 e. The van der Waals surface area contributed by atoms with Gasteiger partial charge in [-0.2, -0.15) is 0 Å². The Kier molecular flexibility index (Phi) is 41.9. The Morgan fingerprint density at radius 2 is 0.808 bits per heavy atom. The summed E-state index contributed by atoms with van der Waals surface area (Å²) in [6.07, 6.45) is 19.8. The van der Waals surface area contributed by atoms with Gasteiger partial charge in [0, 0.05) is 39.6 Å². The molecule has 0 aromatic carbocycles. The van der Waals surface area contributed by atoms with Crippen molar-refractivity contribution in [1.29, 1.82) is 0 Å². The van der Waals surface area contributed by atoms with Crippen molar-refractivity contribution in [3.63, 3.8) is 0 Å². The first-order chi connectivity index (χ1) is 23.8. The van der Waals surface area contributed by atoms with Gasteiger partial charge in [0.15, 0.2) is 0 Å². The minimum absolute atomic E-state index is 0. The molecule has 0 bridgehead atoms. The molecule has 0 spiro atoms. The smallest absolute Gasteiger partial charge is 0.854 e. The molecule has 0 atom stereocenters. The Balaban J connectivity index is -0.000000189. The molecular formula is C42H78O9Ti. The Bertz CT molecular complexity index is 784. The molecule has 0 saturated carbocycles. The van der Waals surface area contributed by atoms with E-state index in [0.29, 0.717) is 26.4 Å². The Hall–Kier alpha value is -1.52. The molecule has 10 heteroatoms. The maximum absolute atomic E-state index is 11.2. The summed E-state index contributed by atoms with van der Waals surface area (Å²) in [5.41, 5.74) is -2.35. The van der Waals surface area contributed by atoms with Crippen LogP contribution >= 0.6 is 0 Å². The van der Waals surface area contributed by atoms with Gasteiger partial charge in [0.05, 0.1) is 26.4 Å². The van der Waals surface area contributed by atoms with Crippen molar-refractivity contribution >= 4 is 17.9 Å². The van der Waals surface area contributed by atoms with E-state index in [1.54, 1.807) is 53.7 Å². The molecule has 9 nitrogen and oxygen atoms in total. The quantitative estimate of drug-likeness (QED) is 0.0502. The summed E-state index contributed by atoms with van der Waals surface area (Å²) in [7, 11) is 0. The van der Waals surface area contributed by atoms with Crippen LogP contribution in [0.15, 0.2) is 25.3 Å². The summed E-state index contributed by atoms with van der Waals surface area (Å²) in [6, 6.07) is 0. The molecular weight excluding hydrogens is 696 g/mol. The molecule has 0 rings (SSSR count). The molecule has 0 fully saturated rings. The number of carbonyl (C=O) groups excluding carboxylic acids is 3. The average Bonchev–Trinajstić information content (AvgIpc) is 3.07. The van der Waals surface area contributed by atoms with Gasteiger partial charge in [-0.15, -0.1) is 19.8 Å². The molecule has 0 N–H and O–H groups in total. The van der Waals surface area contributed by atoms with Crippen LogP contribution in [0, 0.1) is 21.7 Å². The molecule has 0 radical (unpaired) electrons. The zero-order valence-electron chi connectivity index (χ0n) is 35.1. The van der Waals surface area contributed by atoms with Gasteiger partial charge in [0.2, 0.25) is 0 Å². The van der Waals surface area contributed by atoms with Gasteiger partial charge in [0.25, 0.3) is 0 Å². The third-order valence-electron chi connectivity index (χ3n) is 8.97. The molecule has 0 aromatic rings. The first kappa shape index (κ1) is 59.8. The second-order valence-electron chi connectivity index (χ2n) is 15.6. The number of aliphatic carboxylic acids is 3. The summed E-state index contributed by atoms with van der Waals surface area (Å²) in [5, 5.41) is 42.9. The molecule has 0 aliphatic heterocycles. The summed E-state index contributed by atoms with van der Waals surface area (Å²) in [5.74, 6) is -2.79. The number of hydrogen-bond donors (Lipinski definition) is 0. The normalized spacial score (nSPS) is 11.3. The van der Waals surface area contributed by atoms with E-state index in [4.69, 9.17) is 9.47 Å². The van der Waals surface area contributed by atoms with Gasteiger partial charge in [-0.25, -0.2) is 0 Å². The minimum atomic E-state index is -0.931. The van der Waals surface area contributed by atoms with Crippen LogP contribution in [0.3, 0.4) is 0 Å². The number of hydrogen-bond acceptors (Lipinski definition) is 9. The summed E-state index contributed by atoms with van der Waals surface area (Å²) < 4.78 is 10.7. The van der Waals surface area contributed by atoms with E-state index in [0.717, 1.165) is 64.2 Å². The molecule has 0 aliphatic carbocycles. The minimum Gasteiger partial charge on any atom is -0.854 e. The van der Waals surface area contributed by atoms with E-state index in [-0.39, 0.29) is 28.3 Å². The maximum Gasteiger partial charge on any atom is 4.00 e. The topological polar surface area (TPSA) is 162 Å². The second-order valence-corrected chi connectivity index (χ2v) is 15.6. The number of carboxylic acid groups (broad SMARTS) is 3. The van der Waals surface area contributed by atoms with Crippen molar-refractivity contribution in [2.75, 3.05) is 33.0 Å². The summed E-state index contributed by atoms with van der Waals surface area (Å²) in [4.78, 5) is 31.7. The fourth-order valence-electron chi connectivity index (χ4n) is 4.44. The summed E-state index contributed by atoms with van der Waals surface area (Å²) in [6.45, 7) is 27.5. The number of carbonyl (C=O) groups is 3. The molecule has 0 amide bonds. The van der Waals surface area contributed by atoms with Crippen LogP contribution in [-0.4, -0.2) is 50.9 Å². The van der Waals surface area contributed by atoms with E-state index in [1.807, 2.05) is 6.92 Å². The maximum atomic E-state index is 11.2. The van der Waals surface area contributed by atoms with Crippen molar-refractivity contribution in [3.05, 3.63) is 25.3 Å². The first-order valence-corrected chi connectivity index (χ1v) is 19.4. The number of unbranched alkanes of at least 4 members (excludes halogenated alkanes) is 9. The Morgan fingerprint density at radius 3 is 0.981 bits per heavy atom. The molecule has 0 heterocycles. The van der Waals surface area contributed by atoms with Crippen LogP contribution in [0.5, 0.6) is 0 Å². The van der Waals surface area contributed by atoms with Crippen molar-refractivity contribution in [2.24, 2.45) is 21.7 Å². The van der Waals surface area contributed by atoms with Gasteiger partial charge in [-0.05, 0) is 25.7 Å². The van der Waals surface area contributed by atoms with Crippen molar-refractivity contribution in [1.82, 2.24) is 0 Å². The van der Waals surface area contributed by atoms with E-state index in [2.05, 4.69) is 33.9 Å². The molecule has 304 valence electrons. The van der Waals surface area contributed by atoms with E-state index in [1.165, 1.54) is 38.5 Å². The SMILES string of the molecule is C=CCOCC(CC)(C[O-])COCC=C.CCCCCCC(C)(C)C(=O)[O-].CCCCCCC(C)(C)C(=O)[O-].CCCCCCC(C)(C)C(=O)[O-].[Ti+4]. The van der Waals surface area contributed by atoms with Gasteiger partial charge in [0.1, 0.15) is 0 Å². The molecule has 0 unspecified atom stereocenters. The van der Waals surface area contributed by atoms with Crippen molar-refractivity contribution in [2.45, 2.75) is 172 Å². The number of ether oxygens (including phenoxy) is 2. The van der Waals surface area contributed by atoms with E-state index >= 15 is 0 Å². The predicted octanol–water partition coefficient (Wildman–Crippen LogP) is 6.34. The fraction of sp³-hybridized carbons (Fsp3) is 0.833. The second kappa shape index (κ2) is 36.5. The van der Waals surface area contributed by atoms with Crippen molar-refractivity contribution in [3.8, 4) is 0 Å². The van der Waals surface area contributed by atoms with Crippen LogP contribution in [0.2, 0.25) is 0 Å². The molecule has 0 aromatic heterocycles. The third kappa shape index (κ3) is 35.5. The predicted molar refractivity (Wildman–Crippen MR) is 202 cm³/mol. The standard InChI is InChI=1S/C12H21O3.3C10H20O2.Ti/c1-4-7-14-10-12(6-3,9-13)11-15-8-5-2;3*1-4-5-6-7-8-10(2,3)9(11)12;/h4-5H,1-2,6-11H2,3H3;3*4-8H2,1-3H3,(H,11,12);/q-1;;;;+4/p-3. The van der Waals surface area contributed by atoms with Crippen LogP contribution in [0.25, 0.3) is 0 Å². The number of rotatable bonds is 28. The van der Waals surface area contributed by atoms with Gasteiger partial charge >= 0.3 is 21.7 Å². The van der Waals surface area contributed by atoms with Gasteiger partial charge in [-0.3, -0.25) is 0 Å². The first-order valence-electron chi connectivity index (χ1n) is 19.4. The van der Waals surface area contributed by atoms with E-state index < -0.39 is 39.6 Å². The number of carboxylic acids is 3. The van der Waals surface area contributed by atoms with Crippen LogP contribution in [0.4, 0.5) is 0 Å². The fourth-order valence-corrected chi connectivity index (χ4v) is 4.44. The van der Waals surface area contributed by atoms with Crippen molar-refractivity contribution < 1.29 is 66.0 Å². The summed E-state index contributed by atoms with van der Waals surface area (Å²) >= 11 is 0. The molecule has 0 saturated heterocycles.